The molecule has 2 aromatic rings. The number of likely N-dealkylation sites (N-methyl/N-ethyl adjacent to an activating group) is 1. The molecule has 0 radical (unpaired) electrons. The first-order valence-electron chi connectivity index (χ1n) is 9.40. The molecule has 3 heterocycles. The van der Waals surface area contributed by atoms with Crippen LogP contribution in [0.4, 0.5) is 0 Å². The van der Waals surface area contributed by atoms with Gasteiger partial charge in [-0.1, -0.05) is 17.9 Å². The molecule has 2 aliphatic rings. The zero-order valence-corrected chi connectivity index (χ0v) is 16.3. The Morgan fingerprint density at radius 2 is 2.24 bits per heavy atom. The van der Waals surface area contributed by atoms with E-state index >= 15 is 0 Å². The highest BCUT2D eigenvalue weighted by molar-refractivity contribution is 5.90. The number of ether oxygens (including phenoxy) is 2. The second kappa shape index (κ2) is 7.35. The summed E-state index contributed by atoms with van der Waals surface area (Å²) in [6, 6.07) is 7.23. The number of aliphatic hydroxyl groups is 1. The number of fused-ring (bicyclic) bond motifs is 1. The first kappa shape index (κ1) is 19.2. The van der Waals surface area contributed by atoms with E-state index in [1.54, 1.807) is 36.9 Å². The number of hydrogen-bond acceptors (Lipinski definition) is 6. The molecule has 1 aromatic heterocycles. The van der Waals surface area contributed by atoms with E-state index in [0.29, 0.717) is 31.0 Å². The number of esters is 1. The molecule has 150 valence electrons. The highest BCUT2D eigenvalue weighted by Gasteiger charge is 2.42. The fourth-order valence-corrected chi connectivity index (χ4v) is 3.47. The lowest BCUT2D eigenvalue weighted by Gasteiger charge is -2.13. The molecule has 8 nitrogen and oxygen atoms in total. The summed E-state index contributed by atoms with van der Waals surface area (Å²) in [4.78, 5) is 25.8. The molecule has 0 spiro atoms. The standard InChI is InChI=1S/C21H21N3O5/c1-3-29-19(25)18-16-12-28-13-17(16)24(22-18)15-6-4-5-14(11-15)7-8-21(27)9-10-23(2)20(21)26/h4-6,11,27H,3,9-10,12-13H2,1-2H3/t21-/m0/s1. The fourth-order valence-electron chi connectivity index (χ4n) is 3.47. The Morgan fingerprint density at radius 3 is 2.97 bits per heavy atom. The van der Waals surface area contributed by atoms with Gasteiger partial charge in [-0.3, -0.25) is 4.79 Å². The molecule has 0 unspecified atom stereocenters. The average molecular weight is 395 g/mol. The summed E-state index contributed by atoms with van der Waals surface area (Å²) in [6.07, 6.45) is 0.280. The minimum absolute atomic E-state index is 0.254. The smallest absolute Gasteiger partial charge is 0.359 e. The van der Waals surface area contributed by atoms with Crippen molar-refractivity contribution in [1.82, 2.24) is 14.7 Å². The van der Waals surface area contributed by atoms with Gasteiger partial charge in [-0.15, -0.1) is 0 Å². The van der Waals surface area contributed by atoms with Crippen molar-refractivity contribution in [3.63, 3.8) is 0 Å². The number of nitrogens with zero attached hydrogens (tertiary/aromatic N) is 3. The van der Waals surface area contributed by atoms with E-state index in [1.165, 1.54) is 4.90 Å². The molecule has 8 heteroatoms. The van der Waals surface area contributed by atoms with Gasteiger partial charge in [-0.25, -0.2) is 9.48 Å². The van der Waals surface area contributed by atoms with Gasteiger partial charge in [0.25, 0.3) is 5.91 Å². The third-order valence-electron chi connectivity index (χ3n) is 5.06. The fraction of sp³-hybridized carbons (Fsp3) is 0.381. The van der Waals surface area contributed by atoms with Crippen LogP contribution >= 0.6 is 0 Å². The van der Waals surface area contributed by atoms with Gasteiger partial charge in [0, 0.05) is 31.1 Å². The van der Waals surface area contributed by atoms with Crippen molar-refractivity contribution < 1.29 is 24.2 Å². The SMILES string of the molecule is CCOC(=O)c1nn(-c2cccc(C#C[C@]3(O)CCN(C)C3=O)c2)c2c1COC2. The quantitative estimate of drug-likeness (QED) is 0.616. The molecule has 0 saturated carbocycles. The Bertz CT molecular complexity index is 1050. The van der Waals surface area contributed by atoms with Crippen molar-refractivity contribution in [2.45, 2.75) is 32.2 Å². The summed E-state index contributed by atoms with van der Waals surface area (Å²) < 4.78 is 12.2. The number of amides is 1. The molecule has 1 fully saturated rings. The maximum absolute atomic E-state index is 12.2. The Kier molecular flexibility index (Phi) is 4.86. The predicted octanol–water partition coefficient (Wildman–Crippen LogP) is 1.02. The second-order valence-electron chi connectivity index (χ2n) is 7.04. The summed E-state index contributed by atoms with van der Waals surface area (Å²) in [5.74, 6) is 4.74. The molecular formula is C21H21N3O5. The summed E-state index contributed by atoms with van der Waals surface area (Å²) >= 11 is 0. The van der Waals surface area contributed by atoms with Crippen LogP contribution in [0, 0.1) is 11.8 Å². The molecule has 1 saturated heterocycles. The largest absolute Gasteiger partial charge is 0.461 e. The minimum Gasteiger partial charge on any atom is -0.461 e. The van der Waals surface area contributed by atoms with Gasteiger partial charge in [0.1, 0.15) is 0 Å². The number of benzene rings is 1. The van der Waals surface area contributed by atoms with Crippen molar-refractivity contribution in [2.24, 2.45) is 0 Å². The van der Waals surface area contributed by atoms with Gasteiger partial charge >= 0.3 is 5.97 Å². The summed E-state index contributed by atoms with van der Waals surface area (Å²) in [5, 5.41) is 14.9. The summed E-state index contributed by atoms with van der Waals surface area (Å²) in [6.45, 7) is 3.14. The number of likely N-dealkylation sites (tertiary alicyclic amines) is 1. The van der Waals surface area contributed by atoms with Crippen molar-refractivity contribution in [3.8, 4) is 17.5 Å². The molecule has 29 heavy (non-hydrogen) atoms. The normalized spacial score (nSPS) is 20.4. The molecule has 4 rings (SSSR count). The molecule has 1 amide bonds. The van der Waals surface area contributed by atoms with Gasteiger partial charge in [0.15, 0.2) is 5.69 Å². The topological polar surface area (TPSA) is 93.9 Å². The van der Waals surface area contributed by atoms with Crippen molar-refractivity contribution in [2.75, 3.05) is 20.2 Å². The van der Waals surface area contributed by atoms with Crippen LogP contribution in [-0.2, 0) is 27.5 Å². The van der Waals surface area contributed by atoms with E-state index < -0.39 is 11.6 Å². The van der Waals surface area contributed by atoms with E-state index in [1.807, 2.05) is 6.07 Å². The van der Waals surface area contributed by atoms with E-state index in [0.717, 1.165) is 11.3 Å². The molecule has 2 aliphatic heterocycles. The lowest BCUT2D eigenvalue weighted by molar-refractivity contribution is -0.137. The van der Waals surface area contributed by atoms with Crippen LogP contribution in [0.3, 0.4) is 0 Å². The maximum atomic E-state index is 12.2. The van der Waals surface area contributed by atoms with Crippen LogP contribution in [-0.4, -0.2) is 57.5 Å². The van der Waals surface area contributed by atoms with E-state index in [2.05, 4.69) is 16.9 Å². The van der Waals surface area contributed by atoms with Crippen LogP contribution in [0.25, 0.3) is 5.69 Å². The third kappa shape index (κ3) is 3.39. The number of aromatic nitrogens is 2. The van der Waals surface area contributed by atoms with E-state index in [9.17, 15) is 14.7 Å². The highest BCUT2D eigenvalue weighted by Crippen LogP contribution is 2.27. The number of carbonyl (C=O) groups is 2. The second-order valence-corrected chi connectivity index (χ2v) is 7.04. The van der Waals surface area contributed by atoms with Crippen LogP contribution in [0.1, 0.15) is 40.7 Å². The van der Waals surface area contributed by atoms with Crippen LogP contribution in [0.15, 0.2) is 24.3 Å². The molecule has 0 aliphatic carbocycles. The van der Waals surface area contributed by atoms with Gasteiger partial charge in [-0.05, 0) is 25.1 Å². The zero-order valence-electron chi connectivity index (χ0n) is 16.3. The van der Waals surface area contributed by atoms with Crippen LogP contribution < -0.4 is 0 Å². The van der Waals surface area contributed by atoms with Crippen molar-refractivity contribution in [3.05, 3.63) is 46.8 Å². The van der Waals surface area contributed by atoms with Crippen molar-refractivity contribution in [1.29, 1.82) is 0 Å². The predicted molar refractivity (Wildman–Crippen MR) is 102 cm³/mol. The summed E-state index contributed by atoms with van der Waals surface area (Å²) in [7, 11) is 1.64. The van der Waals surface area contributed by atoms with E-state index in [-0.39, 0.29) is 24.6 Å². The number of hydrogen-bond donors (Lipinski definition) is 1. The number of carbonyl (C=O) groups excluding carboxylic acids is 2. The molecule has 1 aromatic carbocycles. The third-order valence-corrected chi connectivity index (χ3v) is 5.06. The lowest BCUT2D eigenvalue weighted by atomic mass is 10.0. The molecular weight excluding hydrogens is 374 g/mol. The zero-order chi connectivity index (χ0) is 20.6. The first-order chi connectivity index (χ1) is 13.9. The monoisotopic (exact) mass is 395 g/mol. The first-order valence-corrected chi connectivity index (χ1v) is 9.40. The molecule has 1 atom stereocenters. The maximum Gasteiger partial charge on any atom is 0.359 e. The van der Waals surface area contributed by atoms with Crippen LogP contribution in [0.2, 0.25) is 0 Å². The Balaban J connectivity index is 1.68. The Morgan fingerprint density at radius 1 is 1.41 bits per heavy atom. The minimum atomic E-state index is -1.65. The average Bonchev–Trinajstić information content (AvgIpc) is 3.39. The number of rotatable bonds is 3. The molecule has 0 bridgehead atoms. The Labute approximate surface area is 168 Å². The van der Waals surface area contributed by atoms with E-state index in [4.69, 9.17) is 9.47 Å². The molecule has 1 N–H and O–H groups in total. The van der Waals surface area contributed by atoms with Crippen LogP contribution in [0.5, 0.6) is 0 Å². The highest BCUT2D eigenvalue weighted by atomic mass is 16.5. The summed E-state index contributed by atoms with van der Waals surface area (Å²) in [5.41, 5.74) is 1.46. The van der Waals surface area contributed by atoms with Gasteiger partial charge < -0.3 is 19.5 Å². The van der Waals surface area contributed by atoms with Gasteiger partial charge in [-0.2, -0.15) is 5.10 Å². The van der Waals surface area contributed by atoms with Gasteiger partial charge in [0.2, 0.25) is 5.60 Å². The van der Waals surface area contributed by atoms with Gasteiger partial charge in [0.05, 0.1) is 31.2 Å². The van der Waals surface area contributed by atoms with Crippen molar-refractivity contribution >= 4 is 11.9 Å². The Hall–Kier alpha value is -3.15. The lowest BCUT2D eigenvalue weighted by Crippen LogP contribution is -2.37.